The van der Waals surface area contributed by atoms with Crippen molar-refractivity contribution < 1.29 is 9.18 Å². The van der Waals surface area contributed by atoms with Gasteiger partial charge in [0, 0.05) is 12.6 Å². The van der Waals surface area contributed by atoms with Gasteiger partial charge in [0.05, 0.1) is 17.6 Å². The Balaban J connectivity index is 1.56. The van der Waals surface area contributed by atoms with E-state index >= 15 is 0 Å². The number of hydrogen-bond acceptors (Lipinski definition) is 5. The molecule has 0 saturated carbocycles. The summed E-state index contributed by atoms with van der Waals surface area (Å²) in [4.78, 5) is 34.3. The van der Waals surface area contributed by atoms with Gasteiger partial charge in [0.2, 0.25) is 5.91 Å². The van der Waals surface area contributed by atoms with Crippen molar-refractivity contribution >= 4 is 28.7 Å². The average molecular weight is 415 g/mol. The molecule has 4 rings (SSSR count). The van der Waals surface area contributed by atoms with Gasteiger partial charge in [-0.15, -0.1) is 0 Å². The predicted octanol–water partition coefficient (Wildman–Crippen LogP) is 3.13. The fraction of sp³-hybridized carbons (Fsp3) is 0.400. The van der Waals surface area contributed by atoms with Crippen molar-refractivity contribution in [1.82, 2.24) is 24.6 Å². The van der Waals surface area contributed by atoms with Crippen LogP contribution < -0.4 is 5.56 Å². The number of hydrogen-bond donors (Lipinski definition) is 1. The van der Waals surface area contributed by atoms with Crippen LogP contribution in [-0.2, 0) is 4.79 Å². The number of carbonyl (C=O) groups is 1. The fourth-order valence-corrected chi connectivity index (χ4v) is 4.45. The first-order chi connectivity index (χ1) is 14.1. The lowest BCUT2D eigenvalue weighted by molar-refractivity contribution is -0.132. The van der Waals surface area contributed by atoms with Crippen LogP contribution in [0.25, 0.3) is 16.7 Å². The molecule has 0 radical (unpaired) electrons. The Morgan fingerprint density at radius 3 is 2.86 bits per heavy atom. The standard InChI is InChI=1S/C20H22FN5O2S/c1-2-14-5-3-4-10-25(14)17(27)12-29-20-23-18-16(19(28)24-20)11-22-26(18)15-8-6-13(21)7-9-15/h6-9,11,14H,2-5,10,12H2,1H3,(H,23,24,28). The number of H-pyrrole nitrogens is 1. The highest BCUT2D eigenvalue weighted by atomic mass is 32.2. The molecule has 152 valence electrons. The number of likely N-dealkylation sites (tertiary alicyclic amines) is 1. The predicted molar refractivity (Wildman–Crippen MR) is 110 cm³/mol. The van der Waals surface area contributed by atoms with Gasteiger partial charge in [0.1, 0.15) is 11.2 Å². The van der Waals surface area contributed by atoms with Gasteiger partial charge in [-0.25, -0.2) is 14.1 Å². The third-order valence-corrected chi connectivity index (χ3v) is 6.10. The second kappa shape index (κ2) is 8.36. The first-order valence-electron chi connectivity index (χ1n) is 9.73. The van der Waals surface area contributed by atoms with Crippen LogP contribution in [0.4, 0.5) is 4.39 Å². The molecule has 0 bridgehead atoms. The van der Waals surface area contributed by atoms with Crippen LogP contribution in [0.5, 0.6) is 0 Å². The molecule has 1 aliphatic rings. The molecule has 1 saturated heterocycles. The molecule has 2 aromatic heterocycles. The smallest absolute Gasteiger partial charge is 0.262 e. The van der Waals surface area contributed by atoms with Crippen LogP contribution in [0.1, 0.15) is 32.6 Å². The largest absolute Gasteiger partial charge is 0.339 e. The van der Waals surface area contributed by atoms with E-state index in [9.17, 15) is 14.0 Å². The molecule has 1 atom stereocenters. The highest BCUT2D eigenvalue weighted by Gasteiger charge is 2.25. The number of benzene rings is 1. The van der Waals surface area contributed by atoms with Crippen molar-refractivity contribution in [1.29, 1.82) is 0 Å². The summed E-state index contributed by atoms with van der Waals surface area (Å²) in [7, 11) is 0. The second-order valence-electron chi connectivity index (χ2n) is 7.07. The molecule has 0 spiro atoms. The molecule has 0 aliphatic carbocycles. The van der Waals surface area contributed by atoms with E-state index in [2.05, 4.69) is 22.0 Å². The monoisotopic (exact) mass is 415 g/mol. The van der Waals surface area contributed by atoms with E-state index in [1.165, 1.54) is 34.8 Å². The number of nitrogens with zero attached hydrogens (tertiary/aromatic N) is 4. The summed E-state index contributed by atoms with van der Waals surface area (Å²) in [5.41, 5.74) is 0.660. The Morgan fingerprint density at radius 1 is 1.31 bits per heavy atom. The van der Waals surface area contributed by atoms with Crippen LogP contribution in [0.2, 0.25) is 0 Å². The van der Waals surface area contributed by atoms with Crippen molar-refractivity contribution in [2.75, 3.05) is 12.3 Å². The Bertz CT molecular complexity index is 1080. The van der Waals surface area contributed by atoms with Gasteiger partial charge in [0.15, 0.2) is 10.8 Å². The molecule has 1 aromatic carbocycles. The Labute approximate surface area is 171 Å². The molecule has 3 aromatic rings. The second-order valence-corrected chi connectivity index (χ2v) is 8.04. The number of rotatable bonds is 5. The topological polar surface area (TPSA) is 83.9 Å². The number of piperidine rings is 1. The van der Waals surface area contributed by atoms with Crippen molar-refractivity contribution in [3.63, 3.8) is 0 Å². The molecule has 1 amide bonds. The maximum Gasteiger partial charge on any atom is 0.262 e. The van der Waals surface area contributed by atoms with Gasteiger partial charge in [-0.1, -0.05) is 18.7 Å². The Morgan fingerprint density at radius 2 is 2.10 bits per heavy atom. The maximum atomic E-state index is 13.2. The van der Waals surface area contributed by atoms with E-state index in [-0.39, 0.29) is 23.0 Å². The lowest BCUT2D eigenvalue weighted by Crippen LogP contribution is -2.44. The van der Waals surface area contributed by atoms with Gasteiger partial charge in [-0.3, -0.25) is 9.59 Å². The zero-order chi connectivity index (χ0) is 20.4. The quantitative estimate of drug-likeness (QED) is 0.511. The normalized spacial score (nSPS) is 17.0. The van der Waals surface area contributed by atoms with E-state index in [0.29, 0.717) is 27.9 Å². The van der Waals surface area contributed by atoms with E-state index in [1.807, 2.05) is 4.90 Å². The molecule has 29 heavy (non-hydrogen) atoms. The molecular weight excluding hydrogens is 393 g/mol. The highest BCUT2D eigenvalue weighted by Crippen LogP contribution is 2.22. The Kier molecular flexibility index (Phi) is 5.66. The van der Waals surface area contributed by atoms with Crippen LogP contribution >= 0.6 is 11.8 Å². The number of nitrogens with one attached hydrogen (secondary N) is 1. The molecule has 7 nitrogen and oxygen atoms in total. The number of fused-ring (bicyclic) bond motifs is 1. The third-order valence-electron chi connectivity index (χ3n) is 5.24. The molecule has 1 aliphatic heterocycles. The number of aromatic nitrogens is 4. The van der Waals surface area contributed by atoms with Gasteiger partial charge >= 0.3 is 0 Å². The molecule has 9 heteroatoms. The van der Waals surface area contributed by atoms with Crippen LogP contribution in [0.3, 0.4) is 0 Å². The summed E-state index contributed by atoms with van der Waals surface area (Å²) < 4.78 is 14.7. The zero-order valence-electron chi connectivity index (χ0n) is 16.1. The zero-order valence-corrected chi connectivity index (χ0v) is 16.9. The lowest BCUT2D eigenvalue weighted by atomic mass is 10.0. The SMILES string of the molecule is CCC1CCCCN1C(=O)CSc1nc2c(cnn2-c2ccc(F)cc2)c(=O)[nH]1. The average Bonchev–Trinajstić information content (AvgIpc) is 3.17. The Hall–Kier alpha value is -2.68. The summed E-state index contributed by atoms with van der Waals surface area (Å²) >= 11 is 1.21. The number of amides is 1. The van der Waals surface area contributed by atoms with Crippen LogP contribution in [0.15, 0.2) is 40.4 Å². The van der Waals surface area contributed by atoms with Crippen molar-refractivity contribution in [2.24, 2.45) is 0 Å². The minimum Gasteiger partial charge on any atom is -0.339 e. The first-order valence-corrected chi connectivity index (χ1v) is 10.7. The maximum absolute atomic E-state index is 13.2. The van der Waals surface area contributed by atoms with Gasteiger partial charge < -0.3 is 9.88 Å². The van der Waals surface area contributed by atoms with Crippen molar-refractivity contribution in [2.45, 2.75) is 43.8 Å². The van der Waals surface area contributed by atoms with Gasteiger partial charge in [-0.2, -0.15) is 5.10 Å². The van der Waals surface area contributed by atoms with E-state index in [0.717, 1.165) is 32.2 Å². The third kappa shape index (κ3) is 4.05. The summed E-state index contributed by atoms with van der Waals surface area (Å²) in [5, 5.41) is 4.92. The molecule has 3 heterocycles. The number of halogens is 1. The minimum atomic E-state index is -0.353. The summed E-state index contributed by atoms with van der Waals surface area (Å²) in [6, 6.07) is 6.09. The van der Waals surface area contributed by atoms with Gasteiger partial charge in [0.25, 0.3) is 5.56 Å². The lowest BCUT2D eigenvalue weighted by Gasteiger charge is -2.35. The summed E-state index contributed by atoms with van der Waals surface area (Å²) in [6.07, 6.45) is 5.63. The fourth-order valence-electron chi connectivity index (χ4n) is 3.70. The minimum absolute atomic E-state index is 0.0661. The van der Waals surface area contributed by atoms with Gasteiger partial charge in [-0.05, 0) is 49.9 Å². The first kappa shape index (κ1) is 19.6. The van der Waals surface area contributed by atoms with Crippen molar-refractivity contribution in [3.05, 3.63) is 46.6 Å². The van der Waals surface area contributed by atoms with Crippen LogP contribution in [0, 0.1) is 5.82 Å². The van der Waals surface area contributed by atoms with Crippen molar-refractivity contribution in [3.8, 4) is 5.69 Å². The molecule has 1 fully saturated rings. The summed E-state index contributed by atoms with van der Waals surface area (Å²) in [5.74, 6) is -0.0690. The van der Waals surface area contributed by atoms with E-state index in [4.69, 9.17) is 0 Å². The number of aromatic amines is 1. The molecule has 1 N–H and O–H groups in total. The summed E-state index contributed by atoms with van der Waals surface area (Å²) in [6.45, 7) is 2.89. The molecular formula is C20H22FN5O2S. The van der Waals surface area contributed by atoms with E-state index < -0.39 is 0 Å². The van der Waals surface area contributed by atoms with E-state index in [1.54, 1.807) is 12.1 Å². The molecule has 1 unspecified atom stereocenters. The number of carbonyl (C=O) groups excluding carboxylic acids is 1. The highest BCUT2D eigenvalue weighted by molar-refractivity contribution is 7.99. The number of thioether (sulfide) groups is 1. The van der Waals surface area contributed by atoms with Crippen LogP contribution in [-0.4, -0.2) is 48.9 Å².